The molecule has 0 saturated heterocycles. The van der Waals surface area contributed by atoms with E-state index in [2.05, 4.69) is 4.98 Å². The van der Waals surface area contributed by atoms with Crippen molar-refractivity contribution in [2.24, 2.45) is 0 Å². The number of pyridine rings is 1. The van der Waals surface area contributed by atoms with Gasteiger partial charge in [0.25, 0.3) is 5.91 Å². The van der Waals surface area contributed by atoms with Crippen LogP contribution in [0, 0.1) is 5.82 Å². The molecule has 1 heterocycles. The minimum atomic E-state index is -0.311. The number of benzene rings is 2. The molecule has 0 radical (unpaired) electrons. The van der Waals surface area contributed by atoms with Gasteiger partial charge in [-0.25, -0.2) is 9.37 Å². The number of hydrogen-bond acceptors (Lipinski definition) is 3. The summed E-state index contributed by atoms with van der Waals surface area (Å²) in [5.74, 6) is 0.660. The Hall–Kier alpha value is -3.21. The first-order valence-corrected chi connectivity index (χ1v) is 8.37. The third-order valence-corrected chi connectivity index (χ3v) is 3.82. The molecule has 0 saturated carbocycles. The number of aromatic nitrogens is 1. The highest BCUT2D eigenvalue weighted by atomic mass is 19.1. The lowest BCUT2D eigenvalue weighted by Crippen LogP contribution is -2.31. The molecule has 1 aromatic heterocycles. The van der Waals surface area contributed by atoms with Gasteiger partial charge in [-0.15, -0.1) is 0 Å². The summed E-state index contributed by atoms with van der Waals surface area (Å²) in [6, 6.07) is 18.5. The van der Waals surface area contributed by atoms with Gasteiger partial charge in [0.05, 0.1) is 13.2 Å². The fourth-order valence-corrected chi connectivity index (χ4v) is 2.58. The van der Waals surface area contributed by atoms with Crippen LogP contribution in [0.25, 0.3) is 0 Å². The molecule has 0 fully saturated rings. The van der Waals surface area contributed by atoms with Crippen LogP contribution in [0.15, 0.2) is 72.9 Å². The largest absolute Gasteiger partial charge is 0.494 e. The molecule has 0 aliphatic carbocycles. The molecule has 3 rings (SSSR count). The van der Waals surface area contributed by atoms with Gasteiger partial charge in [-0.1, -0.05) is 24.3 Å². The number of hydrogen-bond donors (Lipinski definition) is 0. The quantitative estimate of drug-likeness (QED) is 0.659. The number of ether oxygens (including phenoxy) is 1. The maximum absolute atomic E-state index is 13.2. The number of amides is 1. The number of nitrogens with zero attached hydrogens (tertiary/aromatic N) is 2. The Bertz CT molecular complexity index is 867. The molecule has 5 heteroatoms. The molecule has 0 aliphatic heterocycles. The molecule has 1 amide bonds. The summed E-state index contributed by atoms with van der Waals surface area (Å²) in [6.45, 7) is 2.70. The highest BCUT2D eigenvalue weighted by molar-refractivity contribution is 6.05. The van der Waals surface area contributed by atoms with Gasteiger partial charge in [-0.2, -0.15) is 0 Å². The van der Waals surface area contributed by atoms with Crippen molar-refractivity contribution in [3.8, 4) is 5.75 Å². The van der Waals surface area contributed by atoms with Crippen LogP contribution in [0.4, 0.5) is 10.2 Å². The van der Waals surface area contributed by atoms with Crippen molar-refractivity contribution in [2.45, 2.75) is 13.5 Å². The van der Waals surface area contributed by atoms with E-state index in [4.69, 9.17) is 4.74 Å². The van der Waals surface area contributed by atoms with Gasteiger partial charge >= 0.3 is 0 Å². The van der Waals surface area contributed by atoms with Crippen molar-refractivity contribution in [2.75, 3.05) is 11.5 Å². The predicted octanol–water partition coefficient (Wildman–Crippen LogP) is 4.47. The second-order valence-corrected chi connectivity index (χ2v) is 5.67. The lowest BCUT2D eigenvalue weighted by Gasteiger charge is -2.22. The smallest absolute Gasteiger partial charge is 0.259 e. The highest BCUT2D eigenvalue weighted by Crippen LogP contribution is 2.20. The van der Waals surface area contributed by atoms with Gasteiger partial charge in [0.1, 0.15) is 17.4 Å². The average Bonchev–Trinajstić information content (AvgIpc) is 2.68. The van der Waals surface area contributed by atoms with E-state index in [-0.39, 0.29) is 18.3 Å². The van der Waals surface area contributed by atoms with E-state index in [0.717, 1.165) is 5.56 Å². The van der Waals surface area contributed by atoms with Crippen LogP contribution in [0.2, 0.25) is 0 Å². The zero-order valence-corrected chi connectivity index (χ0v) is 14.4. The number of carbonyl (C=O) groups is 1. The molecule has 2 aromatic carbocycles. The van der Waals surface area contributed by atoms with Crippen molar-refractivity contribution >= 4 is 11.7 Å². The van der Waals surface area contributed by atoms with Gasteiger partial charge in [0.2, 0.25) is 0 Å². The van der Waals surface area contributed by atoms with Crippen LogP contribution < -0.4 is 9.64 Å². The Morgan fingerprint density at radius 3 is 2.58 bits per heavy atom. The molecule has 0 N–H and O–H groups in total. The Balaban J connectivity index is 1.93. The van der Waals surface area contributed by atoms with Crippen molar-refractivity contribution in [3.63, 3.8) is 0 Å². The van der Waals surface area contributed by atoms with Gasteiger partial charge in [0.15, 0.2) is 0 Å². The highest BCUT2D eigenvalue weighted by Gasteiger charge is 2.19. The third-order valence-electron chi connectivity index (χ3n) is 3.82. The fraction of sp³-hybridized carbons (Fsp3) is 0.143. The predicted molar refractivity (Wildman–Crippen MR) is 98.8 cm³/mol. The second-order valence-electron chi connectivity index (χ2n) is 5.67. The Morgan fingerprint density at radius 2 is 1.88 bits per heavy atom. The molecular weight excluding hydrogens is 331 g/mol. The van der Waals surface area contributed by atoms with Crippen molar-refractivity contribution in [1.29, 1.82) is 0 Å². The Kier molecular flexibility index (Phi) is 5.59. The standard InChI is InChI=1S/C21H19FN2O2/c1-2-26-19-7-5-6-17(14-19)21(25)24(20-8-3-4-13-23-20)15-16-9-11-18(22)12-10-16/h3-14H,2,15H2,1H3. The molecule has 0 atom stereocenters. The van der Waals surface area contributed by atoms with E-state index in [9.17, 15) is 9.18 Å². The first-order chi connectivity index (χ1) is 12.7. The second kappa shape index (κ2) is 8.25. The topological polar surface area (TPSA) is 42.4 Å². The summed E-state index contributed by atoms with van der Waals surface area (Å²) in [5.41, 5.74) is 1.31. The van der Waals surface area contributed by atoms with Crippen LogP contribution >= 0.6 is 0 Å². The van der Waals surface area contributed by atoms with E-state index < -0.39 is 0 Å². The summed E-state index contributed by atoms with van der Waals surface area (Å²) >= 11 is 0. The average molecular weight is 350 g/mol. The van der Waals surface area contributed by atoms with Crippen molar-refractivity contribution in [1.82, 2.24) is 4.98 Å². The van der Waals surface area contributed by atoms with E-state index in [1.165, 1.54) is 12.1 Å². The van der Waals surface area contributed by atoms with Crippen LogP contribution in [0.3, 0.4) is 0 Å². The number of anilines is 1. The SMILES string of the molecule is CCOc1cccc(C(=O)N(Cc2ccc(F)cc2)c2ccccn2)c1. The van der Waals surface area contributed by atoms with E-state index in [1.54, 1.807) is 53.6 Å². The third kappa shape index (κ3) is 4.25. The van der Waals surface area contributed by atoms with Gasteiger partial charge < -0.3 is 4.74 Å². The number of rotatable bonds is 6. The minimum absolute atomic E-state index is 0.199. The molecule has 0 bridgehead atoms. The summed E-state index contributed by atoms with van der Waals surface area (Å²) in [7, 11) is 0. The minimum Gasteiger partial charge on any atom is -0.494 e. The summed E-state index contributed by atoms with van der Waals surface area (Å²) < 4.78 is 18.7. The monoisotopic (exact) mass is 350 g/mol. The molecule has 0 spiro atoms. The molecule has 26 heavy (non-hydrogen) atoms. The lowest BCUT2D eigenvalue weighted by atomic mass is 10.1. The first-order valence-electron chi connectivity index (χ1n) is 8.37. The molecule has 4 nitrogen and oxygen atoms in total. The van der Waals surface area contributed by atoms with Crippen molar-refractivity contribution < 1.29 is 13.9 Å². The summed E-state index contributed by atoms with van der Waals surface area (Å²) in [5, 5.41) is 0. The number of carbonyl (C=O) groups excluding carboxylic acids is 1. The Labute approximate surface area is 151 Å². The molecule has 0 aliphatic rings. The Morgan fingerprint density at radius 1 is 1.08 bits per heavy atom. The normalized spacial score (nSPS) is 10.4. The summed E-state index contributed by atoms with van der Waals surface area (Å²) in [4.78, 5) is 19.0. The lowest BCUT2D eigenvalue weighted by molar-refractivity contribution is 0.0984. The summed E-state index contributed by atoms with van der Waals surface area (Å²) in [6.07, 6.45) is 1.64. The van der Waals surface area contributed by atoms with Crippen LogP contribution in [-0.2, 0) is 6.54 Å². The number of halogens is 1. The maximum atomic E-state index is 13.2. The van der Waals surface area contributed by atoms with E-state index in [0.29, 0.717) is 23.7 Å². The van der Waals surface area contributed by atoms with E-state index >= 15 is 0 Å². The maximum Gasteiger partial charge on any atom is 0.259 e. The van der Waals surface area contributed by atoms with Gasteiger partial charge in [0, 0.05) is 11.8 Å². The zero-order chi connectivity index (χ0) is 18.4. The van der Waals surface area contributed by atoms with Gasteiger partial charge in [-0.05, 0) is 55.0 Å². The van der Waals surface area contributed by atoms with Crippen LogP contribution in [0.1, 0.15) is 22.8 Å². The first kappa shape index (κ1) is 17.6. The molecular formula is C21H19FN2O2. The van der Waals surface area contributed by atoms with Gasteiger partial charge in [-0.3, -0.25) is 9.69 Å². The van der Waals surface area contributed by atoms with E-state index in [1.807, 2.05) is 19.1 Å². The molecule has 0 unspecified atom stereocenters. The molecule has 3 aromatic rings. The zero-order valence-electron chi connectivity index (χ0n) is 14.4. The van der Waals surface area contributed by atoms with Crippen molar-refractivity contribution in [3.05, 3.63) is 89.9 Å². The van der Waals surface area contributed by atoms with Crippen LogP contribution in [0.5, 0.6) is 5.75 Å². The van der Waals surface area contributed by atoms with Crippen LogP contribution in [-0.4, -0.2) is 17.5 Å². The molecule has 132 valence electrons. The fourth-order valence-electron chi connectivity index (χ4n) is 2.58.